The van der Waals surface area contributed by atoms with Crippen LogP contribution in [0.25, 0.3) is 0 Å². The van der Waals surface area contributed by atoms with Crippen molar-refractivity contribution < 1.29 is 4.79 Å². The second kappa shape index (κ2) is 3.69. The Morgan fingerprint density at radius 3 is 2.93 bits per heavy atom. The molecular weight excluding hydrogens is 180 g/mol. The van der Waals surface area contributed by atoms with Crippen molar-refractivity contribution in [3.63, 3.8) is 0 Å². The first kappa shape index (κ1) is 8.43. The van der Waals surface area contributed by atoms with Gasteiger partial charge in [-0.15, -0.1) is 0 Å². The molecule has 0 fully saturated rings. The highest BCUT2D eigenvalue weighted by molar-refractivity contribution is 6.02. The van der Waals surface area contributed by atoms with Crippen LogP contribution in [0.2, 0.25) is 0 Å². The van der Waals surface area contributed by atoms with Crippen LogP contribution in [-0.2, 0) is 0 Å². The molecule has 0 atom stereocenters. The first-order valence-electron chi connectivity index (χ1n) is 4.06. The number of carbonyl (C=O) groups is 1. The molecule has 1 amide bonds. The van der Waals surface area contributed by atoms with Gasteiger partial charge in [-0.25, -0.2) is 4.98 Å². The van der Waals surface area contributed by atoms with Crippen LogP contribution in [0.1, 0.15) is 10.5 Å². The third-order valence-corrected chi connectivity index (χ3v) is 1.66. The van der Waals surface area contributed by atoms with Gasteiger partial charge in [0.2, 0.25) is 0 Å². The summed E-state index contributed by atoms with van der Waals surface area (Å²) in [6, 6.07) is 3.52. The van der Waals surface area contributed by atoms with Gasteiger partial charge in [0.05, 0.1) is 24.4 Å². The van der Waals surface area contributed by atoms with E-state index in [9.17, 15) is 4.79 Å². The lowest BCUT2D eigenvalue weighted by Gasteiger charge is -2.01. The Morgan fingerprint density at radius 2 is 2.29 bits per heavy atom. The van der Waals surface area contributed by atoms with Gasteiger partial charge < -0.3 is 10.3 Å². The van der Waals surface area contributed by atoms with Crippen molar-refractivity contribution in [2.45, 2.75) is 0 Å². The van der Waals surface area contributed by atoms with E-state index in [0.717, 1.165) is 0 Å². The smallest absolute Gasteiger partial charge is 0.273 e. The van der Waals surface area contributed by atoms with Crippen LogP contribution in [0.5, 0.6) is 0 Å². The topological polar surface area (TPSA) is 70.7 Å². The summed E-state index contributed by atoms with van der Waals surface area (Å²) >= 11 is 0. The summed E-state index contributed by atoms with van der Waals surface area (Å²) in [5.74, 6) is -0.226. The Labute approximate surface area is 80.2 Å². The Bertz CT molecular complexity index is 410. The fraction of sp³-hybridized carbons (Fsp3) is 0. The zero-order valence-corrected chi connectivity index (χ0v) is 7.27. The van der Waals surface area contributed by atoms with Crippen molar-refractivity contribution in [3.8, 4) is 0 Å². The highest BCUT2D eigenvalue weighted by atomic mass is 16.1. The Kier molecular flexibility index (Phi) is 2.22. The number of nitrogens with one attached hydrogen (secondary N) is 2. The number of hydrogen-bond acceptors (Lipinski definition) is 3. The van der Waals surface area contributed by atoms with E-state index in [-0.39, 0.29) is 5.91 Å². The predicted molar refractivity (Wildman–Crippen MR) is 50.8 cm³/mol. The number of carbonyl (C=O) groups excluding carboxylic acids is 1. The number of imidazole rings is 1. The third-order valence-electron chi connectivity index (χ3n) is 1.66. The number of H-pyrrole nitrogens is 1. The van der Waals surface area contributed by atoms with Gasteiger partial charge in [0.25, 0.3) is 5.91 Å². The largest absolute Gasteiger partial charge is 0.341 e. The number of nitrogens with zero attached hydrogens (tertiary/aromatic N) is 2. The van der Waals surface area contributed by atoms with Crippen LogP contribution in [-0.4, -0.2) is 20.9 Å². The average molecular weight is 188 g/mol. The van der Waals surface area contributed by atoms with E-state index < -0.39 is 0 Å². The van der Waals surface area contributed by atoms with Gasteiger partial charge in [0, 0.05) is 6.20 Å². The number of aromatic nitrogens is 3. The summed E-state index contributed by atoms with van der Waals surface area (Å²) in [7, 11) is 0. The van der Waals surface area contributed by atoms with Crippen molar-refractivity contribution in [1.82, 2.24) is 15.0 Å². The third kappa shape index (κ3) is 1.77. The molecule has 0 radical (unpaired) electrons. The van der Waals surface area contributed by atoms with Crippen molar-refractivity contribution in [1.29, 1.82) is 0 Å². The van der Waals surface area contributed by atoms with Gasteiger partial charge >= 0.3 is 0 Å². The molecule has 14 heavy (non-hydrogen) atoms. The number of amides is 1. The fourth-order valence-corrected chi connectivity index (χ4v) is 1.02. The summed E-state index contributed by atoms with van der Waals surface area (Å²) in [5.41, 5.74) is 1.08. The predicted octanol–water partition coefficient (Wildman–Crippen LogP) is 1.06. The lowest BCUT2D eigenvalue weighted by atomic mass is 10.4. The van der Waals surface area contributed by atoms with Crippen LogP contribution in [0, 0.1) is 0 Å². The van der Waals surface area contributed by atoms with Crippen LogP contribution in [0.3, 0.4) is 0 Å². The lowest BCUT2D eigenvalue weighted by Crippen LogP contribution is -2.12. The van der Waals surface area contributed by atoms with Gasteiger partial charge in [-0.1, -0.05) is 0 Å². The number of aromatic amines is 1. The molecule has 0 spiro atoms. The molecule has 2 aromatic heterocycles. The standard InChI is InChI=1S/C9H8N4O/c14-9(8-5-11-6-12-8)13-7-2-1-3-10-4-7/h1-6H,(H,11,12)(H,13,14). The molecule has 5 nitrogen and oxygen atoms in total. The summed E-state index contributed by atoms with van der Waals surface area (Å²) in [6.07, 6.45) is 6.14. The number of rotatable bonds is 2. The monoisotopic (exact) mass is 188 g/mol. The van der Waals surface area contributed by atoms with Crippen molar-refractivity contribution in [3.05, 3.63) is 42.7 Å². The number of anilines is 1. The molecule has 70 valence electrons. The van der Waals surface area contributed by atoms with Gasteiger partial charge in [-0.3, -0.25) is 9.78 Å². The van der Waals surface area contributed by atoms with Crippen molar-refractivity contribution in [2.75, 3.05) is 5.32 Å². The fourth-order valence-electron chi connectivity index (χ4n) is 1.02. The van der Waals surface area contributed by atoms with E-state index >= 15 is 0 Å². The molecule has 0 saturated heterocycles. The van der Waals surface area contributed by atoms with Gasteiger partial charge in [0.1, 0.15) is 5.69 Å². The SMILES string of the molecule is O=C(Nc1cccnc1)c1cnc[nH]1. The van der Waals surface area contributed by atoms with Gasteiger partial charge in [0.15, 0.2) is 0 Å². The maximum Gasteiger partial charge on any atom is 0.273 e. The minimum absolute atomic E-state index is 0.226. The van der Waals surface area contributed by atoms with E-state index in [0.29, 0.717) is 11.4 Å². The van der Waals surface area contributed by atoms with Crippen molar-refractivity contribution >= 4 is 11.6 Å². The minimum Gasteiger partial charge on any atom is -0.341 e. The minimum atomic E-state index is -0.226. The second-order valence-electron chi connectivity index (χ2n) is 2.66. The molecule has 2 N–H and O–H groups in total. The normalized spacial score (nSPS) is 9.71. The molecule has 0 aliphatic rings. The highest BCUT2D eigenvalue weighted by Gasteiger charge is 2.05. The molecular formula is C9H8N4O. The van der Waals surface area contributed by atoms with Crippen LogP contribution < -0.4 is 5.32 Å². The Morgan fingerprint density at radius 1 is 1.36 bits per heavy atom. The van der Waals surface area contributed by atoms with Crippen LogP contribution in [0.15, 0.2) is 37.1 Å². The van der Waals surface area contributed by atoms with Gasteiger partial charge in [-0.05, 0) is 12.1 Å². The maximum absolute atomic E-state index is 11.5. The summed E-state index contributed by atoms with van der Waals surface area (Å²) < 4.78 is 0. The summed E-state index contributed by atoms with van der Waals surface area (Å²) in [5, 5.41) is 2.67. The highest BCUT2D eigenvalue weighted by Crippen LogP contribution is 2.04. The number of pyridine rings is 1. The molecule has 0 aliphatic carbocycles. The van der Waals surface area contributed by atoms with E-state index in [1.165, 1.54) is 12.5 Å². The lowest BCUT2D eigenvalue weighted by molar-refractivity contribution is 0.102. The Hall–Kier alpha value is -2.17. The zero-order valence-electron chi connectivity index (χ0n) is 7.27. The maximum atomic E-state index is 11.5. The quantitative estimate of drug-likeness (QED) is 0.740. The van der Waals surface area contributed by atoms with Crippen molar-refractivity contribution in [2.24, 2.45) is 0 Å². The molecule has 0 aromatic carbocycles. The van der Waals surface area contributed by atoms with Gasteiger partial charge in [-0.2, -0.15) is 0 Å². The first-order chi connectivity index (χ1) is 6.86. The van der Waals surface area contributed by atoms with E-state index in [2.05, 4.69) is 20.3 Å². The summed E-state index contributed by atoms with van der Waals surface area (Å²) in [6.45, 7) is 0. The molecule has 0 bridgehead atoms. The van der Waals surface area contributed by atoms with E-state index in [4.69, 9.17) is 0 Å². The summed E-state index contributed by atoms with van der Waals surface area (Å²) in [4.78, 5) is 21.8. The van der Waals surface area contributed by atoms with Crippen LogP contribution in [0.4, 0.5) is 5.69 Å². The molecule has 0 unspecified atom stereocenters. The molecule has 0 aliphatic heterocycles. The molecule has 2 rings (SSSR count). The van der Waals surface area contributed by atoms with E-state index in [1.807, 2.05) is 0 Å². The zero-order chi connectivity index (χ0) is 9.80. The Balaban J connectivity index is 2.10. The van der Waals surface area contributed by atoms with Crippen LogP contribution >= 0.6 is 0 Å². The molecule has 2 aromatic rings. The number of hydrogen-bond donors (Lipinski definition) is 2. The second-order valence-corrected chi connectivity index (χ2v) is 2.66. The molecule has 0 saturated carbocycles. The average Bonchev–Trinajstić information content (AvgIpc) is 2.72. The van der Waals surface area contributed by atoms with E-state index in [1.54, 1.807) is 24.5 Å². The molecule has 5 heteroatoms. The molecule has 2 heterocycles. The first-order valence-corrected chi connectivity index (χ1v) is 4.06.